The molecule has 1 aromatic carbocycles. The van der Waals surface area contributed by atoms with E-state index in [0.717, 1.165) is 35.4 Å². The quantitative estimate of drug-likeness (QED) is 0.787. The first kappa shape index (κ1) is 12.9. The van der Waals surface area contributed by atoms with Crippen LogP contribution in [0.3, 0.4) is 0 Å². The average Bonchev–Trinajstić information content (AvgIpc) is 3.00. The number of aromatic nitrogens is 1. The summed E-state index contributed by atoms with van der Waals surface area (Å²) in [6, 6.07) is 7.75. The standard InChI is InChI=1S/C16H18N2O2/c1-11-6-5-7-12-13(16(19)20-2)10-14(17-15(11)12)18-8-3-4-9-18/h5-7,10H,3-4,8-9H2,1-2H3. The molecule has 0 spiro atoms. The molecule has 3 rings (SSSR count). The molecule has 1 fully saturated rings. The summed E-state index contributed by atoms with van der Waals surface area (Å²) >= 11 is 0. The first-order valence-corrected chi connectivity index (χ1v) is 6.94. The number of hydrogen-bond donors (Lipinski definition) is 0. The van der Waals surface area contributed by atoms with Crippen LogP contribution in [0.25, 0.3) is 10.9 Å². The Morgan fingerprint density at radius 3 is 2.75 bits per heavy atom. The third kappa shape index (κ3) is 2.11. The second kappa shape index (κ2) is 5.12. The molecule has 104 valence electrons. The van der Waals surface area contributed by atoms with E-state index in [1.807, 2.05) is 31.2 Å². The van der Waals surface area contributed by atoms with E-state index in [2.05, 4.69) is 4.90 Å². The SMILES string of the molecule is COC(=O)c1cc(N2CCCC2)nc2c(C)cccc12. The Kier molecular flexibility index (Phi) is 3.30. The molecule has 0 radical (unpaired) electrons. The molecule has 0 amide bonds. The van der Waals surface area contributed by atoms with E-state index < -0.39 is 0 Å². The number of esters is 1. The van der Waals surface area contributed by atoms with Crippen LogP contribution in [-0.4, -0.2) is 31.2 Å². The van der Waals surface area contributed by atoms with E-state index in [4.69, 9.17) is 9.72 Å². The summed E-state index contributed by atoms with van der Waals surface area (Å²) in [5, 5.41) is 0.861. The number of pyridine rings is 1. The van der Waals surface area contributed by atoms with Gasteiger partial charge in [-0.1, -0.05) is 18.2 Å². The zero-order valence-corrected chi connectivity index (χ0v) is 11.8. The predicted octanol–water partition coefficient (Wildman–Crippen LogP) is 2.93. The second-order valence-electron chi connectivity index (χ2n) is 5.18. The van der Waals surface area contributed by atoms with E-state index >= 15 is 0 Å². The average molecular weight is 270 g/mol. The van der Waals surface area contributed by atoms with Crippen molar-refractivity contribution >= 4 is 22.7 Å². The number of nitrogens with zero attached hydrogens (tertiary/aromatic N) is 2. The van der Waals surface area contributed by atoms with Crippen LogP contribution >= 0.6 is 0 Å². The number of carbonyl (C=O) groups excluding carboxylic acids is 1. The molecule has 1 saturated heterocycles. The number of carbonyl (C=O) groups is 1. The molecule has 1 aromatic heterocycles. The first-order valence-electron chi connectivity index (χ1n) is 6.94. The molecule has 2 aromatic rings. The molecule has 4 nitrogen and oxygen atoms in total. The van der Waals surface area contributed by atoms with Gasteiger partial charge in [0.2, 0.25) is 0 Å². The van der Waals surface area contributed by atoms with Crippen molar-refractivity contribution in [3.8, 4) is 0 Å². The van der Waals surface area contributed by atoms with Crippen molar-refractivity contribution in [3.63, 3.8) is 0 Å². The smallest absolute Gasteiger partial charge is 0.338 e. The Hall–Kier alpha value is -2.10. The molecule has 0 N–H and O–H groups in total. The molecule has 20 heavy (non-hydrogen) atoms. The second-order valence-corrected chi connectivity index (χ2v) is 5.18. The highest BCUT2D eigenvalue weighted by molar-refractivity contribution is 6.05. The van der Waals surface area contributed by atoms with E-state index in [-0.39, 0.29) is 5.97 Å². The van der Waals surface area contributed by atoms with Crippen LogP contribution in [0.2, 0.25) is 0 Å². The molecule has 0 bridgehead atoms. The highest BCUT2D eigenvalue weighted by atomic mass is 16.5. The maximum atomic E-state index is 12.0. The third-order valence-electron chi connectivity index (χ3n) is 3.86. The van der Waals surface area contributed by atoms with Gasteiger partial charge in [-0.15, -0.1) is 0 Å². The number of anilines is 1. The minimum Gasteiger partial charge on any atom is -0.465 e. The Labute approximate surface area is 118 Å². The fourth-order valence-corrected chi connectivity index (χ4v) is 2.77. The van der Waals surface area contributed by atoms with Gasteiger partial charge in [0.05, 0.1) is 18.2 Å². The lowest BCUT2D eigenvalue weighted by atomic mass is 10.1. The van der Waals surface area contributed by atoms with Gasteiger partial charge in [0.15, 0.2) is 0 Å². The molecule has 2 heterocycles. The monoisotopic (exact) mass is 270 g/mol. The maximum absolute atomic E-state index is 12.0. The van der Waals surface area contributed by atoms with Crippen molar-refractivity contribution in [3.05, 3.63) is 35.4 Å². The Morgan fingerprint density at radius 2 is 2.05 bits per heavy atom. The van der Waals surface area contributed by atoms with Gasteiger partial charge in [-0.25, -0.2) is 9.78 Å². The van der Waals surface area contributed by atoms with Gasteiger partial charge in [0.1, 0.15) is 5.82 Å². The van der Waals surface area contributed by atoms with Crippen LogP contribution in [0.5, 0.6) is 0 Å². The minimum absolute atomic E-state index is 0.302. The molecule has 1 aliphatic heterocycles. The van der Waals surface area contributed by atoms with E-state index in [9.17, 15) is 4.79 Å². The van der Waals surface area contributed by atoms with Crippen LogP contribution < -0.4 is 4.90 Å². The highest BCUT2D eigenvalue weighted by Gasteiger charge is 2.19. The Bertz CT molecular complexity index is 661. The van der Waals surface area contributed by atoms with E-state index in [1.165, 1.54) is 20.0 Å². The van der Waals surface area contributed by atoms with E-state index in [1.54, 1.807) is 0 Å². The number of rotatable bonds is 2. The molecule has 0 unspecified atom stereocenters. The minimum atomic E-state index is -0.302. The molecule has 4 heteroatoms. The molecule has 0 aliphatic carbocycles. The van der Waals surface area contributed by atoms with Crippen LogP contribution in [0.15, 0.2) is 24.3 Å². The zero-order valence-electron chi connectivity index (χ0n) is 11.8. The van der Waals surface area contributed by atoms with Crippen LogP contribution in [0, 0.1) is 6.92 Å². The van der Waals surface area contributed by atoms with Gasteiger partial charge in [-0.05, 0) is 31.4 Å². The summed E-state index contributed by atoms with van der Waals surface area (Å²) in [6.45, 7) is 4.03. The van der Waals surface area contributed by atoms with Gasteiger partial charge in [-0.2, -0.15) is 0 Å². The molecular formula is C16H18N2O2. The van der Waals surface area contributed by atoms with Gasteiger partial charge in [0.25, 0.3) is 0 Å². The Morgan fingerprint density at radius 1 is 1.30 bits per heavy atom. The summed E-state index contributed by atoms with van der Waals surface area (Å²) in [6.07, 6.45) is 2.36. The van der Waals surface area contributed by atoms with Gasteiger partial charge in [0, 0.05) is 18.5 Å². The normalized spacial score (nSPS) is 14.8. The maximum Gasteiger partial charge on any atom is 0.338 e. The third-order valence-corrected chi connectivity index (χ3v) is 3.86. The van der Waals surface area contributed by atoms with Crippen LogP contribution in [-0.2, 0) is 4.74 Å². The van der Waals surface area contributed by atoms with Crippen molar-refractivity contribution in [2.24, 2.45) is 0 Å². The fourth-order valence-electron chi connectivity index (χ4n) is 2.77. The van der Waals surface area contributed by atoms with Crippen molar-refractivity contribution in [1.29, 1.82) is 0 Å². The van der Waals surface area contributed by atoms with E-state index in [0.29, 0.717) is 5.56 Å². The zero-order chi connectivity index (χ0) is 14.1. The molecule has 1 aliphatic rings. The summed E-state index contributed by atoms with van der Waals surface area (Å²) in [5.41, 5.74) is 2.56. The van der Waals surface area contributed by atoms with Crippen LogP contribution in [0.4, 0.5) is 5.82 Å². The molecule has 0 saturated carbocycles. The summed E-state index contributed by atoms with van der Waals surface area (Å²) < 4.78 is 4.92. The van der Waals surface area contributed by atoms with Gasteiger partial charge in [-0.3, -0.25) is 0 Å². The lowest BCUT2D eigenvalue weighted by molar-refractivity contribution is 0.0603. The number of hydrogen-bond acceptors (Lipinski definition) is 4. The first-order chi connectivity index (χ1) is 9.70. The van der Waals surface area contributed by atoms with Crippen molar-refractivity contribution in [2.75, 3.05) is 25.1 Å². The van der Waals surface area contributed by atoms with Crippen molar-refractivity contribution in [1.82, 2.24) is 4.98 Å². The number of aryl methyl sites for hydroxylation is 1. The Balaban J connectivity index is 2.23. The predicted molar refractivity (Wildman–Crippen MR) is 79.3 cm³/mol. The number of benzene rings is 1. The van der Waals surface area contributed by atoms with Crippen molar-refractivity contribution in [2.45, 2.75) is 19.8 Å². The number of fused-ring (bicyclic) bond motifs is 1. The highest BCUT2D eigenvalue weighted by Crippen LogP contribution is 2.27. The van der Waals surface area contributed by atoms with Crippen molar-refractivity contribution < 1.29 is 9.53 Å². The number of ether oxygens (including phenoxy) is 1. The largest absolute Gasteiger partial charge is 0.465 e. The number of methoxy groups -OCH3 is 1. The van der Waals surface area contributed by atoms with Gasteiger partial charge >= 0.3 is 5.97 Å². The summed E-state index contributed by atoms with van der Waals surface area (Å²) in [5.74, 6) is 0.577. The molecule has 0 atom stereocenters. The number of para-hydroxylation sites is 1. The molecular weight excluding hydrogens is 252 g/mol. The lowest BCUT2D eigenvalue weighted by Gasteiger charge is -2.18. The summed E-state index contributed by atoms with van der Waals surface area (Å²) in [4.78, 5) is 19.0. The fraction of sp³-hybridized carbons (Fsp3) is 0.375. The topological polar surface area (TPSA) is 42.4 Å². The lowest BCUT2D eigenvalue weighted by Crippen LogP contribution is -2.20. The summed E-state index contributed by atoms with van der Waals surface area (Å²) in [7, 11) is 1.42. The van der Waals surface area contributed by atoms with Gasteiger partial charge < -0.3 is 9.64 Å². The van der Waals surface area contributed by atoms with Crippen LogP contribution in [0.1, 0.15) is 28.8 Å².